The van der Waals surface area contributed by atoms with Crippen LogP contribution in [-0.2, 0) is 24.2 Å². The zero-order valence-electron chi connectivity index (χ0n) is 20.5. The largest absolute Gasteiger partial charge is 0.394 e. The zero-order chi connectivity index (χ0) is 24.6. The Kier molecular flexibility index (Phi) is 6.10. The molecule has 9 heteroatoms. The number of carbonyl (C=O) groups excluding carboxylic acids is 1. The molecule has 0 aliphatic carbocycles. The Labute approximate surface area is 210 Å². The van der Waals surface area contributed by atoms with Crippen LogP contribution in [0.4, 0.5) is 17.2 Å². The first-order valence-electron chi connectivity index (χ1n) is 12.8. The summed E-state index contributed by atoms with van der Waals surface area (Å²) in [5.41, 5.74) is 6.84. The molecule has 5 heterocycles. The number of aliphatic hydroxyl groups excluding tert-OH is 1. The van der Waals surface area contributed by atoms with Crippen molar-refractivity contribution in [3.63, 3.8) is 0 Å². The lowest BCUT2D eigenvalue weighted by atomic mass is 9.94. The van der Waals surface area contributed by atoms with Crippen LogP contribution in [-0.4, -0.2) is 58.2 Å². The highest BCUT2D eigenvalue weighted by atomic mass is 16.5. The van der Waals surface area contributed by atoms with Gasteiger partial charge in [-0.3, -0.25) is 9.48 Å². The van der Waals surface area contributed by atoms with E-state index in [0.29, 0.717) is 17.9 Å². The molecule has 1 unspecified atom stereocenters. The van der Waals surface area contributed by atoms with Gasteiger partial charge in [-0.25, -0.2) is 4.98 Å². The van der Waals surface area contributed by atoms with Gasteiger partial charge in [0.05, 0.1) is 48.1 Å². The summed E-state index contributed by atoms with van der Waals surface area (Å²) in [4.78, 5) is 19.6. The van der Waals surface area contributed by atoms with E-state index in [-0.39, 0.29) is 24.7 Å². The van der Waals surface area contributed by atoms with Gasteiger partial charge in [-0.15, -0.1) is 0 Å². The third kappa shape index (κ3) is 4.02. The summed E-state index contributed by atoms with van der Waals surface area (Å²) < 4.78 is 7.66. The van der Waals surface area contributed by atoms with Crippen LogP contribution in [0.2, 0.25) is 0 Å². The maximum atomic E-state index is 12.8. The third-order valence-electron chi connectivity index (χ3n) is 7.79. The number of amides is 1. The lowest BCUT2D eigenvalue weighted by Gasteiger charge is -2.39. The molecule has 1 saturated heterocycles. The number of fused-ring (bicyclic) bond motifs is 2. The van der Waals surface area contributed by atoms with Crippen molar-refractivity contribution in [2.24, 2.45) is 0 Å². The number of nitrogens with zero attached hydrogens (tertiary/aromatic N) is 4. The van der Waals surface area contributed by atoms with Crippen molar-refractivity contribution in [3.8, 4) is 11.1 Å². The van der Waals surface area contributed by atoms with Gasteiger partial charge < -0.3 is 25.4 Å². The van der Waals surface area contributed by atoms with Gasteiger partial charge in [0, 0.05) is 38.0 Å². The molecule has 188 valence electrons. The quantitative estimate of drug-likeness (QED) is 0.489. The van der Waals surface area contributed by atoms with E-state index in [9.17, 15) is 9.90 Å². The van der Waals surface area contributed by atoms with Crippen LogP contribution < -0.4 is 15.5 Å². The maximum absolute atomic E-state index is 12.8. The minimum absolute atomic E-state index is 0.0612. The molecular weight excluding hydrogens is 456 g/mol. The minimum Gasteiger partial charge on any atom is -0.394 e. The smallest absolute Gasteiger partial charge is 0.254 e. The molecule has 0 bridgehead atoms. The van der Waals surface area contributed by atoms with Crippen molar-refractivity contribution >= 4 is 23.1 Å². The summed E-state index contributed by atoms with van der Waals surface area (Å²) in [6.45, 7) is 2.29. The van der Waals surface area contributed by atoms with Crippen molar-refractivity contribution in [2.45, 2.75) is 57.3 Å². The lowest BCUT2D eigenvalue weighted by Crippen LogP contribution is -2.48. The SMILES string of the molecule is CO[C@@H]1CCC(CO)N(c2ccc(Nc3ccc(-c4cnn5c4CCCC5)c4c3C(=O)NC4)nc2)C1. The molecule has 3 aliphatic heterocycles. The number of ether oxygens (including phenoxy) is 1. The number of pyridine rings is 1. The average molecular weight is 489 g/mol. The van der Waals surface area contributed by atoms with E-state index in [1.54, 1.807) is 7.11 Å². The number of hydrogen-bond acceptors (Lipinski definition) is 7. The topological polar surface area (TPSA) is 105 Å². The maximum Gasteiger partial charge on any atom is 0.254 e. The minimum atomic E-state index is -0.0725. The first-order valence-corrected chi connectivity index (χ1v) is 12.8. The van der Waals surface area contributed by atoms with Crippen LogP contribution in [0.3, 0.4) is 0 Å². The fraction of sp³-hybridized carbons (Fsp3) is 0.444. The second-order valence-corrected chi connectivity index (χ2v) is 9.83. The number of aliphatic hydroxyl groups is 1. The van der Waals surface area contributed by atoms with Crippen molar-refractivity contribution < 1.29 is 14.6 Å². The van der Waals surface area contributed by atoms with Crippen molar-refractivity contribution in [3.05, 3.63) is 53.5 Å². The number of rotatable bonds is 6. The molecule has 3 N–H and O–H groups in total. The van der Waals surface area contributed by atoms with Crippen molar-refractivity contribution in [1.29, 1.82) is 0 Å². The molecule has 36 heavy (non-hydrogen) atoms. The number of aromatic nitrogens is 3. The number of benzene rings is 1. The molecular formula is C27H32N6O3. The summed E-state index contributed by atoms with van der Waals surface area (Å²) in [5.74, 6) is 0.592. The molecule has 3 aliphatic rings. The fourth-order valence-corrected chi connectivity index (χ4v) is 5.81. The highest BCUT2D eigenvalue weighted by molar-refractivity contribution is 6.06. The van der Waals surface area contributed by atoms with Gasteiger partial charge in [-0.1, -0.05) is 6.07 Å². The number of hydrogen-bond donors (Lipinski definition) is 3. The van der Waals surface area contributed by atoms with Crippen LogP contribution in [0.5, 0.6) is 0 Å². The molecule has 1 aromatic carbocycles. The lowest BCUT2D eigenvalue weighted by molar-refractivity contribution is 0.0744. The summed E-state index contributed by atoms with van der Waals surface area (Å²) in [7, 11) is 1.73. The highest BCUT2D eigenvalue weighted by Gasteiger charge is 2.30. The zero-order valence-corrected chi connectivity index (χ0v) is 20.5. The standard InChI is InChI=1S/C27H32N6O3/c1-36-19-7-5-18(16-34)32(15-19)17-6-10-25(28-12-17)31-23-9-8-20(22-13-29-27(35)26(22)23)21-14-30-33-11-3-2-4-24(21)33/h6,8-10,12,14,18-19,34H,2-5,7,11,13,15-16H2,1H3,(H,28,31)(H,29,35)/t18?,19-/m1/s1. The Hall–Kier alpha value is -3.43. The molecule has 0 spiro atoms. The number of anilines is 3. The van der Waals surface area contributed by atoms with E-state index < -0.39 is 0 Å². The molecule has 1 amide bonds. The summed E-state index contributed by atoms with van der Waals surface area (Å²) in [5, 5.41) is 20.8. The summed E-state index contributed by atoms with van der Waals surface area (Å²) >= 11 is 0. The van der Waals surface area contributed by atoms with Crippen molar-refractivity contribution in [1.82, 2.24) is 20.1 Å². The van der Waals surface area contributed by atoms with Gasteiger partial charge in [0.25, 0.3) is 5.91 Å². The molecule has 0 saturated carbocycles. The average Bonchev–Trinajstić information content (AvgIpc) is 3.53. The number of methoxy groups -OCH3 is 1. The first kappa shape index (κ1) is 23.0. The van der Waals surface area contributed by atoms with E-state index in [4.69, 9.17) is 4.74 Å². The predicted molar refractivity (Wildman–Crippen MR) is 138 cm³/mol. The van der Waals surface area contributed by atoms with Gasteiger partial charge in [-0.2, -0.15) is 5.10 Å². The normalized spacial score (nSPS) is 21.2. The number of aryl methyl sites for hydroxylation is 1. The van der Waals surface area contributed by atoms with Crippen LogP contribution in [0.1, 0.15) is 47.3 Å². The van der Waals surface area contributed by atoms with Gasteiger partial charge in [-0.05, 0) is 61.4 Å². The second kappa shape index (κ2) is 9.55. The monoisotopic (exact) mass is 488 g/mol. The second-order valence-electron chi connectivity index (χ2n) is 9.83. The Morgan fingerprint density at radius 1 is 1.17 bits per heavy atom. The Morgan fingerprint density at radius 2 is 2.08 bits per heavy atom. The Balaban J connectivity index is 1.27. The van der Waals surface area contributed by atoms with E-state index in [1.165, 1.54) is 12.1 Å². The van der Waals surface area contributed by atoms with Gasteiger partial charge in [0.1, 0.15) is 5.82 Å². The Bertz CT molecular complexity index is 1270. The first-order chi connectivity index (χ1) is 17.7. The molecule has 6 rings (SSSR count). The van der Waals surface area contributed by atoms with Gasteiger partial charge >= 0.3 is 0 Å². The molecule has 1 fully saturated rings. The van der Waals surface area contributed by atoms with E-state index in [0.717, 1.165) is 66.8 Å². The highest BCUT2D eigenvalue weighted by Crippen LogP contribution is 2.37. The number of nitrogens with one attached hydrogen (secondary N) is 2. The third-order valence-corrected chi connectivity index (χ3v) is 7.79. The molecule has 0 radical (unpaired) electrons. The van der Waals surface area contributed by atoms with Crippen LogP contribution >= 0.6 is 0 Å². The molecule has 2 aromatic heterocycles. The Morgan fingerprint density at radius 3 is 2.89 bits per heavy atom. The number of piperidine rings is 1. The van der Waals surface area contributed by atoms with E-state index in [1.807, 2.05) is 30.6 Å². The molecule has 9 nitrogen and oxygen atoms in total. The summed E-state index contributed by atoms with van der Waals surface area (Å²) in [6, 6.07) is 8.04. The molecule has 2 atom stereocenters. The van der Waals surface area contributed by atoms with Crippen LogP contribution in [0.25, 0.3) is 11.1 Å². The molecule has 3 aromatic rings. The fourth-order valence-electron chi connectivity index (χ4n) is 5.81. The summed E-state index contributed by atoms with van der Waals surface area (Å²) in [6.07, 6.45) is 9.07. The van der Waals surface area contributed by atoms with Gasteiger partial charge in [0.15, 0.2) is 0 Å². The van der Waals surface area contributed by atoms with Crippen molar-refractivity contribution in [2.75, 3.05) is 30.5 Å². The van der Waals surface area contributed by atoms with Gasteiger partial charge in [0.2, 0.25) is 0 Å². The van der Waals surface area contributed by atoms with Crippen LogP contribution in [0.15, 0.2) is 36.7 Å². The van der Waals surface area contributed by atoms with Crippen LogP contribution in [0, 0.1) is 0 Å². The number of carbonyl (C=O) groups is 1. The van der Waals surface area contributed by atoms with E-state index in [2.05, 4.69) is 36.4 Å². The van der Waals surface area contributed by atoms with E-state index >= 15 is 0 Å². The predicted octanol–water partition coefficient (Wildman–Crippen LogP) is 3.24.